The Balaban J connectivity index is 1.50. The van der Waals surface area contributed by atoms with Crippen LogP contribution in [0.15, 0.2) is 30.3 Å². The maximum absolute atomic E-state index is 11.4. The van der Waals surface area contributed by atoms with Gasteiger partial charge in [-0.3, -0.25) is 0 Å². The van der Waals surface area contributed by atoms with Crippen LogP contribution in [0.5, 0.6) is 0 Å². The second-order valence-corrected chi connectivity index (χ2v) is 7.54. The summed E-state index contributed by atoms with van der Waals surface area (Å²) in [5.74, 6) is 0.496. The average Bonchev–Trinajstić information content (AvgIpc) is 3.16. The van der Waals surface area contributed by atoms with E-state index in [1.165, 1.54) is 5.56 Å². The molecule has 0 spiro atoms. The van der Waals surface area contributed by atoms with Crippen molar-refractivity contribution in [1.29, 1.82) is 5.26 Å². The highest BCUT2D eigenvalue weighted by Crippen LogP contribution is 2.41. The fraction of sp³-hybridized carbons (Fsp3) is 0.619. The van der Waals surface area contributed by atoms with Crippen LogP contribution in [0.25, 0.3) is 0 Å². The lowest BCUT2D eigenvalue weighted by atomic mass is 9.69. The molecule has 0 unspecified atom stereocenters. The first-order valence-corrected chi connectivity index (χ1v) is 9.78. The Bertz CT molecular complexity index is 632. The molecule has 1 heterocycles. The Kier molecular flexibility index (Phi) is 6.16. The van der Waals surface area contributed by atoms with E-state index in [1.54, 1.807) is 0 Å². The van der Waals surface area contributed by atoms with E-state index in [9.17, 15) is 10.1 Å². The number of nitrogens with one attached hydrogen (secondary N) is 1. The number of likely N-dealkylation sites (tertiary alicyclic amines) is 1. The van der Waals surface area contributed by atoms with Crippen LogP contribution < -0.4 is 5.32 Å². The lowest BCUT2D eigenvalue weighted by molar-refractivity contribution is 0.147. The van der Waals surface area contributed by atoms with Crippen molar-refractivity contribution in [3.8, 4) is 6.07 Å². The lowest BCUT2D eigenvalue weighted by Gasteiger charge is -2.39. The summed E-state index contributed by atoms with van der Waals surface area (Å²) in [6, 6.07) is 13.4. The van der Waals surface area contributed by atoms with Gasteiger partial charge in [-0.05, 0) is 57.1 Å². The minimum atomic E-state index is -0.317. The first-order chi connectivity index (χ1) is 12.7. The van der Waals surface area contributed by atoms with Crippen LogP contribution >= 0.6 is 0 Å². The van der Waals surface area contributed by atoms with Gasteiger partial charge in [0, 0.05) is 19.1 Å². The molecule has 0 aromatic heterocycles. The summed E-state index contributed by atoms with van der Waals surface area (Å²) < 4.78 is 4.93. The van der Waals surface area contributed by atoms with Gasteiger partial charge < -0.3 is 15.0 Å². The molecule has 2 aliphatic rings. The van der Waals surface area contributed by atoms with E-state index in [2.05, 4.69) is 28.4 Å². The van der Waals surface area contributed by atoms with Crippen LogP contribution in [0.1, 0.15) is 44.6 Å². The van der Waals surface area contributed by atoms with Crippen molar-refractivity contribution >= 4 is 6.09 Å². The number of carbonyl (C=O) groups excluding carboxylic acids is 1. The molecule has 0 bridgehead atoms. The van der Waals surface area contributed by atoms with Crippen molar-refractivity contribution in [2.45, 2.75) is 50.5 Å². The van der Waals surface area contributed by atoms with Gasteiger partial charge in [0.2, 0.25) is 0 Å². The molecular formula is C21H29N3O2. The molecule has 2 fully saturated rings. The Morgan fingerprint density at radius 1 is 1.31 bits per heavy atom. The van der Waals surface area contributed by atoms with E-state index >= 15 is 0 Å². The molecule has 26 heavy (non-hydrogen) atoms. The van der Waals surface area contributed by atoms with E-state index in [0.29, 0.717) is 25.1 Å². The van der Waals surface area contributed by atoms with Crippen LogP contribution in [0, 0.1) is 17.2 Å². The van der Waals surface area contributed by atoms with Gasteiger partial charge in [-0.2, -0.15) is 5.26 Å². The number of nitriles is 1. The van der Waals surface area contributed by atoms with E-state index < -0.39 is 0 Å². The van der Waals surface area contributed by atoms with Crippen LogP contribution in [-0.4, -0.2) is 43.3 Å². The smallest absolute Gasteiger partial charge is 0.407 e. The highest BCUT2D eigenvalue weighted by molar-refractivity contribution is 5.67. The Labute approximate surface area is 156 Å². The summed E-state index contributed by atoms with van der Waals surface area (Å²) in [5.41, 5.74) is 0.849. The monoisotopic (exact) mass is 355 g/mol. The van der Waals surface area contributed by atoms with Crippen molar-refractivity contribution in [3.05, 3.63) is 35.9 Å². The number of hydrogen-bond acceptors (Lipinski definition) is 4. The quantitative estimate of drug-likeness (QED) is 0.878. The van der Waals surface area contributed by atoms with Gasteiger partial charge in [0.15, 0.2) is 0 Å². The number of benzene rings is 1. The first kappa shape index (κ1) is 18.7. The number of ether oxygens (including phenoxy) is 1. The number of rotatable bonds is 5. The van der Waals surface area contributed by atoms with Gasteiger partial charge >= 0.3 is 6.09 Å². The van der Waals surface area contributed by atoms with Crippen molar-refractivity contribution in [2.24, 2.45) is 5.92 Å². The molecular weight excluding hydrogens is 326 g/mol. The highest BCUT2D eigenvalue weighted by Gasteiger charge is 2.39. The summed E-state index contributed by atoms with van der Waals surface area (Å²) in [7, 11) is 0. The van der Waals surface area contributed by atoms with Crippen LogP contribution in [0.3, 0.4) is 0 Å². The SMILES string of the molecule is CCOC(=O)NC[C@@H]1CCN(C2CCC(C#N)(c3ccccc3)CC2)C1. The zero-order valence-corrected chi connectivity index (χ0v) is 15.6. The fourth-order valence-electron chi connectivity index (χ4n) is 4.45. The normalized spacial score (nSPS) is 29.1. The third kappa shape index (κ3) is 4.19. The minimum Gasteiger partial charge on any atom is -0.450 e. The molecule has 1 aliphatic carbocycles. The van der Waals surface area contributed by atoms with E-state index in [0.717, 1.165) is 45.2 Å². The van der Waals surface area contributed by atoms with E-state index in [4.69, 9.17) is 4.74 Å². The largest absolute Gasteiger partial charge is 0.450 e. The second kappa shape index (κ2) is 8.55. The van der Waals surface area contributed by atoms with E-state index in [1.807, 2.05) is 25.1 Å². The van der Waals surface area contributed by atoms with Crippen LogP contribution in [0.4, 0.5) is 4.79 Å². The minimum absolute atomic E-state index is 0.315. The van der Waals surface area contributed by atoms with Gasteiger partial charge in [-0.15, -0.1) is 0 Å². The van der Waals surface area contributed by atoms with Crippen LogP contribution in [0.2, 0.25) is 0 Å². The third-order valence-corrected chi connectivity index (χ3v) is 5.99. The predicted octanol–water partition coefficient (Wildman–Crippen LogP) is 3.46. The highest BCUT2D eigenvalue weighted by atomic mass is 16.5. The third-order valence-electron chi connectivity index (χ3n) is 5.99. The predicted molar refractivity (Wildman–Crippen MR) is 101 cm³/mol. The lowest BCUT2D eigenvalue weighted by Crippen LogP contribution is -2.41. The molecule has 0 radical (unpaired) electrons. The standard InChI is InChI=1S/C21H29N3O2/c1-2-26-20(25)23-14-17-10-13-24(15-17)19-8-11-21(16-22,12-9-19)18-6-4-3-5-7-18/h3-7,17,19H,2,8-15H2,1H3,(H,23,25)/t17-,19?,21?/m0/s1. The second-order valence-electron chi connectivity index (χ2n) is 7.54. The Morgan fingerprint density at radius 2 is 2.04 bits per heavy atom. The molecule has 3 rings (SSSR count). The fourth-order valence-corrected chi connectivity index (χ4v) is 4.45. The van der Waals surface area contributed by atoms with Crippen molar-refractivity contribution < 1.29 is 9.53 Å². The summed E-state index contributed by atoms with van der Waals surface area (Å²) in [6.07, 6.45) is 4.80. The summed E-state index contributed by atoms with van der Waals surface area (Å²) >= 11 is 0. The number of alkyl carbamates (subject to hydrolysis) is 1. The molecule has 1 saturated heterocycles. The van der Waals surface area contributed by atoms with E-state index in [-0.39, 0.29) is 11.5 Å². The zero-order chi connectivity index (χ0) is 18.4. The van der Waals surface area contributed by atoms with Gasteiger partial charge in [-0.25, -0.2) is 4.79 Å². The molecule has 1 N–H and O–H groups in total. The topological polar surface area (TPSA) is 65.4 Å². The Hall–Kier alpha value is -2.06. The van der Waals surface area contributed by atoms with Gasteiger partial charge in [0.25, 0.3) is 0 Å². The molecule has 1 aliphatic heterocycles. The summed E-state index contributed by atoms with van der Waals surface area (Å²) in [6.45, 7) is 5.03. The number of hydrogen-bond donors (Lipinski definition) is 1. The summed E-state index contributed by atoms with van der Waals surface area (Å²) in [4.78, 5) is 14.0. The molecule has 1 aromatic carbocycles. The van der Waals surface area contributed by atoms with Crippen molar-refractivity contribution in [3.63, 3.8) is 0 Å². The molecule has 5 nitrogen and oxygen atoms in total. The first-order valence-electron chi connectivity index (χ1n) is 9.78. The van der Waals surface area contributed by atoms with Gasteiger partial charge in [-0.1, -0.05) is 30.3 Å². The molecule has 1 aromatic rings. The molecule has 1 atom stereocenters. The van der Waals surface area contributed by atoms with Gasteiger partial charge in [0.1, 0.15) is 0 Å². The number of carbonyl (C=O) groups is 1. The van der Waals surface area contributed by atoms with Crippen molar-refractivity contribution in [2.75, 3.05) is 26.2 Å². The molecule has 5 heteroatoms. The zero-order valence-electron chi connectivity index (χ0n) is 15.6. The maximum atomic E-state index is 11.4. The number of nitrogens with zero attached hydrogens (tertiary/aromatic N) is 2. The number of amides is 1. The van der Waals surface area contributed by atoms with Crippen molar-refractivity contribution in [1.82, 2.24) is 10.2 Å². The van der Waals surface area contributed by atoms with Gasteiger partial charge in [0.05, 0.1) is 18.1 Å². The molecule has 1 amide bonds. The Morgan fingerprint density at radius 3 is 2.69 bits per heavy atom. The molecule has 1 saturated carbocycles. The maximum Gasteiger partial charge on any atom is 0.407 e. The average molecular weight is 355 g/mol. The molecule has 140 valence electrons. The van der Waals surface area contributed by atoms with Crippen LogP contribution in [-0.2, 0) is 10.2 Å². The summed E-state index contributed by atoms with van der Waals surface area (Å²) in [5, 5.41) is 12.7.